The van der Waals surface area contributed by atoms with Gasteiger partial charge in [0.15, 0.2) is 0 Å². The molecule has 0 saturated carbocycles. The Morgan fingerprint density at radius 2 is 1.53 bits per heavy atom. The maximum absolute atomic E-state index is 8.60. The number of fused-ring (bicyclic) bond motifs is 3. The van der Waals surface area contributed by atoms with Crippen LogP contribution in [0.4, 0.5) is 0 Å². The Morgan fingerprint density at radius 3 is 2.23 bits per heavy atom. The standard InChI is InChI=1S/C24H16NO.C14H16NSi.Ir/c1-2-7-17(8-3-1)15-18-12-13-19-20-9-6-10-21(22-11-4-5-14-25-22)24(20)26-23(19)16-18;1-16(2,3)13-9-10-14(15-11-13)12-7-5-4-6-8-12;/h1-9,11-14,16H,15H2;4-7,9-11H,1-3H3;/q2*-1;/i15D2;;. The first kappa shape index (κ1) is 27.7. The van der Waals surface area contributed by atoms with Crippen LogP contribution in [0.25, 0.3) is 44.5 Å². The normalized spacial score (nSPS) is 12.1. The van der Waals surface area contributed by atoms with Crippen LogP contribution in [0.2, 0.25) is 19.6 Å². The molecule has 5 heteroatoms. The van der Waals surface area contributed by atoms with Gasteiger partial charge in [-0.25, -0.2) is 0 Å². The van der Waals surface area contributed by atoms with Crippen molar-refractivity contribution in [2.24, 2.45) is 0 Å². The van der Waals surface area contributed by atoms with Crippen LogP contribution in [-0.2, 0) is 26.5 Å². The molecular weight excluding hydrogens is 721 g/mol. The molecule has 1 radical (unpaired) electrons. The first-order valence-electron chi connectivity index (χ1n) is 15.0. The fourth-order valence-electron chi connectivity index (χ4n) is 4.76. The molecule has 0 aliphatic heterocycles. The van der Waals surface area contributed by atoms with Crippen molar-refractivity contribution in [3.8, 4) is 22.5 Å². The Kier molecular flexibility index (Phi) is 8.64. The smallest absolute Gasteiger partial charge is 0.121 e. The summed E-state index contributed by atoms with van der Waals surface area (Å²) in [4.78, 5) is 8.93. The van der Waals surface area contributed by atoms with Crippen LogP contribution in [0.5, 0.6) is 0 Å². The molecule has 43 heavy (non-hydrogen) atoms. The fraction of sp³-hybridized carbons (Fsp3) is 0.105. The van der Waals surface area contributed by atoms with E-state index >= 15 is 0 Å². The molecule has 0 bridgehead atoms. The number of pyridine rings is 2. The number of aromatic nitrogens is 2. The van der Waals surface area contributed by atoms with Gasteiger partial charge in [-0.2, -0.15) is 0 Å². The minimum atomic E-state index is -1.61. The Labute approximate surface area is 270 Å². The summed E-state index contributed by atoms with van der Waals surface area (Å²) in [5.41, 5.74) is 6.22. The average Bonchev–Trinajstić information content (AvgIpc) is 3.44. The van der Waals surface area contributed by atoms with E-state index in [1.165, 1.54) is 5.19 Å². The number of hydrogen-bond donors (Lipinski definition) is 0. The predicted molar refractivity (Wildman–Crippen MR) is 177 cm³/mol. The summed E-state index contributed by atoms with van der Waals surface area (Å²) in [7, 11) is -1.23. The molecule has 0 saturated heterocycles. The predicted octanol–water partition coefficient (Wildman–Crippen LogP) is 9.13. The summed E-state index contributed by atoms with van der Waals surface area (Å²) in [6, 6.07) is 43.0. The molecule has 0 unspecified atom stereocenters. The molecule has 0 fully saturated rings. The van der Waals surface area contributed by atoms with E-state index in [9.17, 15) is 0 Å². The second kappa shape index (κ2) is 13.4. The summed E-state index contributed by atoms with van der Waals surface area (Å²) in [5.74, 6) is 0. The second-order valence-electron chi connectivity index (χ2n) is 11.1. The van der Waals surface area contributed by atoms with E-state index in [-0.39, 0.29) is 20.1 Å². The first-order chi connectivity index (χ1) is 21.2. The molecule has 215 valence electrons. The third kappa shape index (κ3) is 7.09. The Balaban J connectivity index is 0.000000202. The average molecular weight is 755 g/mol. The van der Waals surface area contributed by atoms with Crippen LogP contribution in [0.3, 0.4) is 0 Å². The first-order valence-corrected chi connectivity index (χ1v) is 17.5. The molecule has 3 heterocycles. The Hall–Kier alpha value is -4.15. The van der Waals surface area contributed by atoms with Gasteiger partial charge in [-0.3, -0.25) is 0 Å². The van der Waals surface area contributed by atoms with Crippen molar-refractivity contribution in [1.82, 2.24) is 9.97 Å². The quantitative estimate of drug-likeness (QED) is 0.130. The molecule has 3 nitrogen and oxygen atoms in total. The monoisotopic (exact) mass is 755 g/mol. The van der Waals surface area contributed by atoms with Crippen molar-refractivity contribution >= 4 is 35.2 Å². The van der Waals surface area contributed by atoms with Crippen LogP contribution in [0, 0.1) is 12.1 Å². The molecule has 3 aromatic heterocycles. The van der Waals surface area contributed by atoms with E-state index in [2.05, 4.69) is 53.9 Å². The maximum Gasteiger partial charge on any atom is 0.121 e. The van der Waals surface area contributed by atoms with E-state index in [1.54, 1.807) is 24.4 Å². The van der Waals surface area contributed by atoms with Crippen LogP contribution in [0.15, 0.2) is 132 Å². The third-order valence-corrected chi connectivity index (χ3v) is 9.06. The van der Waals surface area contributed by atoms with E-state index < -0.39 is 14.4 Å². The second-order valence-corrected chi connectivity index (χ2v) is 16.2. The van der Waals surface area contributed by atoms with Crippen molar-refractivity contribution in [1.29, 1.82) is 0 Å². The van der Waals surface area contributed by atoms with Gasteiger partial charge in [0.05, 0.1) is 13.7 Å². The number of hydrogen-bond acceptors (Lipinski definition) is 3. The van der Waals surface area contributed by atoms with Gasteiger partial charge in [-0.1, -0.05) is 97.3 Å². The molecule has 0 spiro atoms. The zero-order valence-corrected chi connectivity index (χ0v) is 27.7. The molecule has 0 N–H and O–H groups in total. The molecule has 0 aliphatic carbocycles. The zero-order chi connectivity index (χ0) is 30.7. The van der Waals surface area contributed by atoms with Crippen molar-refractivity contribution in [3.05, 3.63) is 151 Å². The fourth-order valence-corrected chi connectivity index (χ4v) is 5.79. The van der Waals surface area contributed by atoms with Crippen molar-refractivity contribution in [2.45, 2.75) is 26.0 Å². The van der Waals surface area contributed by atoms with Gasteiger partial charge in [-0.15, -0.1) is 54.1 Å². The third-order valence-electron chi connectivity index (χ3n) is 7.03. The maximum atomic E-state index is 8.60. The summed E-state index contributed by atoms with van der Waals surface area (Å²) in [6.45, 7) is 7.00. The minimum absolute atomic E-state index is 0. The number of rotatable bonds is 5. The van der Waals surface area contributed by atoms with Crippen molar-refractivity contribution in [2.75, 3.05) is 0 Å². The van der Waals surface area contributed by atoms with Crippen molar-refractivity contribution < 1.29 is 27.3 Å². The van der Waals surface area contributed by atoms with Crippen LogP contribution < -0.4 is 5.19 Å². The minimum Gasteiger partial charge on any atom is -0.501 e. The SMILES string of the molecule is C[Si](C)(C)c1ccc(-c2[c-]cccc2)nc1.[2H]C([2H])(c1ccccc1)c1ccc2c(c1)oc1c(-c3ccccn3)[c-]ccc12.[Ir]. The van der Waals surface area contributed by atoms with E-state index in [0.717, 1.165) is 33.3 Å². The van der Waals surface area contributed by atoms with Gasteiger partial charge in [0, 0.05) is 40.6 Å². The van der Waals surface area contributed by atoms with E-state index in [1.807, 2.05) is 91.1 Å². The van der Waals surface area contributed by atoms with Crippen LogP contribution in [0.1, 0.15) is 13.9 Å². The molecule has 4 aromatic carbocycles. The molecule has 0 aliphatic rings. The van der Waals surface area contributed by atoms with Gasteiger partial charge in [0.25, 0.3) is 0 Å². The Morgan fingerprint density at radius 1 is 0.721 bits per heavy atom. The molecular formula is C38H32IrN2OSi-2. The number of furan rings is 1. The molecule has 0 atom stereocenters. The molecule has 7 rings (SSSR count). The summed E-state index contributed by atoms with van der Waals surface area (Å²) >= 11 is 0. The van der Waals surface area contributed by atoms with Gasteiger partial charge >= 0.3 is 0 Å². The van der Waals surface area contributed by atoms with Gasteiger partial charge < -0.3 is 14.4 Å². The van der Waals surface area contributed by atoms with Gasteiger partial charge in [0.2, 0.25) is 0 Å². The van der Waals surface area contributed by atoms with Gasteiger partial charge in [-0.05, 0) is 46.2 Å². The molecule has 0 amide bonds. The van der Waals surface area contributed by atoms with Crippen molar-refractivity contribution in [3.63, 3.8) is 0 Å². The van der Waals surface area contributed by atoms with Gasteiger partial charge in [0.1, 0.15) is 5.58 Å². The zero-order valence-electron chi connectivity index (χ0n) is 26.3. The van der Waals surface area contributed by atoms with E-state index in [0.29, 0.717) is 22.3 Å². The number of benzene rings is 4. The summed E-state index contributed by atoms with van der Waals surface area (Å²) in [6.07, 6.45) is 2.16. The largest absolute Gasteiger partial charge is 0.501 e. The summed E-state index contributed by atoms with van der Waals surface area (Å²) in [5, 5.41) is 3.32. The van der Waals surface area contributed by atoms with Crippen LogP contribution in [-0.4, -0.2) is 18.0 Å². The summed E-state index contributed by atoms with van der Waals surface area (Å²) < 4.78 is 23.4. The Bertz CT molecular complexity index is 2010. The van der Waals surface area contributed by atoms with E-state index in [4.69, 9.17) is 7.16 Å². The molecule has 7 aromatic rings. The van der Waals surface area contributed by atoms with Crippen LogP contribution >= 0.6 is 0 Å². The topological polar surface area (TPSA) is 38.9 Å². The number of nitrogens with zero attached hydrogens (tertiary/aromatic N) is 2.